The van der Waals surface area contributed by atoms with Crippen molar-refractivity contribution in [1.29, 1.82) is 0 Å². The molecule has 0 N–H and O–H groups in total. The van der Waals surface area contributed by atoms with Crippen molar-refractivity contribution in [1.82, 2.24) is 0 Å². The normalized spacial score (nSPS) is 14.0. The standard InChI is InChI=1S/C15H24S.C6H18NSi2.C4H8O.Mg/c1-9(2)12-7-13(10(3)4)15(16)14(8-12)11(5)6;1-8(2,3)7-9(4,5)6;1-2-4-5-3-1;/h7-11,16H,1-6H3;1-6H3;1-4H2;/q;-1;;+2/p-1. The molecule has 1 aliphatic heterocycles. The molecule has 31 heavy (non-hydrogen) atoms. The third kappa shape index (κ3) is 15.9. The summed E-state index contributed by atoms with van der Waals surface area (Å²) in [6.07, 6.45) is 2.56. The second kappa shape index (κ2) is 15.5. The van der Waals surface area contributed by atoms with Crippen LogP contribution in [0.5, 0.6) is 0 Å². The fourth-order valence-electron chi connectivity index (χ4n) is 3.41. The van der Waals surface area contributed by atoms with E-state index in [2.05, 4.69) is 93.0 Å². The monoisotopic (exact) mass is 491 g/mol. The summed E-state index contributed by atoms with van der Waals surface area (Å²) < 4.78 is 9.76. The number of benzene rings is 1. The molecule has 1 aromatic rings. The van der Waals surface area contributed by atoms with Gasteiger partial charge in [-0.1, -0.05) is 121 Å². The Bertz CT molecular complexity index is 570. The molecule has 1 aliphatic rings. The van der Waals surface area contributed by atoms with Gasteiger partial charge in [0.2, 0.25) is 0 Å². The zero-order valence-electron chi connectivity index (χ0n) is 22.7. The maximum Gasteiger partial charge on any atom is 2.00 e. The van der Waals surface area contributed by atoms with Crippen molar-refractivity contribution >= 4 is 52.2 Å². The van der Waals surface area contributed by atoms with Crippen LogP contribution in [0.2, 0.25) is 39.3 Å². The molecule has 0 atom stereocenters. The molecule has 0 aromatic heterocycles. The second-order valence-corrected chi connectivity index (χ2v) is 21.3. The Labute approximate surface area is 218 Å². The number of rotatable bonds is 5. The Balaban J connectivity index is 0. The quantitative estimate of drug-likeness (QED) is 0.304. The third-order valence-electron chi connectivity index (χ3n) is 4.58. The topological polar surface area (TPSA) is 23.3 Å². The van der Waals surface area contributed by atoms with Crippen LogP contribution >= 0.6 is 0 Å². The Morgan fingerprint density at radius 2 is 1.10 bits per heavy atom. The minimum atomic E-state index is -1.11. The first-order valence-corrected chi connectivity index (χ1v) is 19.0. The predicted molar refractivity (Wildman–Crippen MR) is 150 cm³/mol. The SMILES string of the molecule is C1CCOC1.CC(C)c1cc(C(C)C)c([S-])c(C(C)C)c1.C[Si](C)(C)[N-][Si](C)(C)C.[Mg+2]. The van der Waals surface area contributed by atoms with Gasteiger partial charge >= 0.3 is 23.1 Å². The van der Waals surface area contributed by atoms with Crippen molar-refractivity contribution in [3.63, 3.8) is 0 Å². The fourth-order valence-corrected chi connectivity index (χ4v) is 12.0. The minimum absolute atomic E-state index is 0. The van der Waals surface area contributed by atoms with Crippen molar-refractivity contribution in [3.05, 3.63) is 33.5 Å². The summed E-state index contributed by atoms with van der Waals surface area (Å²) >= 11 is 5.59. The summed E-state index contributed by atoms with van der Waals surface area (Å²) in [4.78, 5) is 1.08. The number of hydrogen-bond acceptors (Lipinski definition) is 2. The van der Waals surface area contributed by atoms with Gasteiger partial charge in [-0.3, -0.25) is 0 Å². The van der Waals surface area contributed by atoms with E-state index in [1.54, 1.807) is 0 Å². The number of ether oxygens (including phenoxy) is 1. The van der Waals surface area contributed by atoms with Crippen molar-refractivity contribution in [2.45, 2.75) is 116 Å². The van der Waals surface area contributed by atoms with Crippen LogP contribution in [-0.4, -0.2) is 52.7 Å². The molecule has 1 saturated heterocycles. The fraction of sp³-hybridized carbons (Fsp3) is 0.760. The van der Waals surface area contributed by atoms with Crippen molar-refractivity contribution in [3.8, 4) is 0 Å². The zero-order valence-corrected chi connectivity index (χ0v) is 26.9. The molecule has 0 spiro atoms. The Morgan fingerprint density at radius 3 is 1.26 bits per heavy atom. The van der Waals surface area contributed by atoms with Crippen LogP contribution in [0, 0.1) is 0 Å². The Hall–Kier alpha value is 0.560. The van der Waals surface area contributed by atoms with Crippen LogP contribution in [0.1, 0.15) is 88.8 Å². The van der Waals surface area contributed by atoms with Gasteiger partial charge in [0.15, 0.2) is 0 Å². The Kier molecular flexibility index (Phi) is 16.8. The second-order valence-electron chi connectivity index (χ2n) is 11.3. The van der Waals surface area contributed by atoms with E-state index in [-0.39, 0.29) is 23.1 Å². The van der Waals surface area contributed by atoms with Gasteiger partial charge in [-0.05, 0) is 36.2 Å². The molecule has 0 radical (unpaired) electrons. The van der Waals surface area contributed by atoms with Gasteiger partial charge in [0.1, 0.15) is 0 Å². The third-order valence-corrected chi connectivity index (χ3v) is 10.4. The van der Waals surface area contributed by atoms with Gasteiger partial charge in [0.25, 0.3) is 0 Å². The van der Waals surface area contributed by atoms with Crippen LogP contribution in [0.4, 0.5) is 0 Å². The molecule has 176 valence electrons. The van der Waals surface area contributed by atoms with Crippen molar-refractivity contribution < 1.29 is 4.74 Å². The van der Waals surface area contributed by atoms with E-state index in [1.165, 1.54) is 29.5 Å². The van der Waals surface area contributed by atoms with E-state index in [9.17, 15) is 0 Å². The molecule has 6 heteroatoms. The van der Waals surface area contributed by atoms with E-state index in [1.807, 2.05) is 0 Å². The van der Waals surface area contributed by atoms with E-state index < -0.39 is 16.5 Å². The summed E-state index contributed by atoms with van der Waals surface area (Å²) in [5.74, 6) is 1.61. The predicted octanol–water partition coefficient (Wildman–Crippen LogP) is 8.41. The average Bonchev–Trinajstić information content (AvgIpc) is 3.10. The molecular formula is C25H49MgNOSSi2. The van der Waals surface area contributed by atoms with E-state index in [0.29, 0.717) is 17.8 Å². The molecule has 0 amide bonds. The molecule has 0 unspecified atom stereocenters. The number of nitrogens with zero attached hydrogens (tertiary/aromatic N) is 1. The Morgan fingerprint density at radius 1 is 0.742 bits per heavy atom. The van der Waals surface area contributed by atoms with Crippen LogP contribution in [0.25, 0.3) is 4.65 Å². The van der Waals surface area contributed by atoms with Gasteiger partial charge in [0, 0.05) is 13.2 Å². The van der Waals surface area contributed by atoms with E-state index >= 15 is 0 Å². The molecule has 2 nitrogen and oxygen atoms in total. The molecular weight excluding hydrogens is 443 g/mol. The summed E-state index contributed by atoms with van der Waals surface area (Å²) in [6.45, 7) is 29.2. The zero-order chi connectivity index (χ0) is 23.7. The van der Waals surface area contributed by atoms with Crippen molar-refractivity contribution in [2.24, 2.45) is 0 Å². The van der Waals surface area contributed by atoms with Crippen LogP contribution in [0.15, 0.2) is 17.0 Å². The minimum Gasteiger partial charge on any atom is -0.779 e. The summed E-state index contributed by atoms with van der Waals surface area (Å²) in [7, 11) is -2.21. The van der Waals surface area contributed by atoms with Gasteiger partial charge in [-0.15, -0.1) is 0 Å². The summed E-state index contributed by atoms with van der Waals surface area (Å²) in [6, 6.07) is 4.59. The van der Waals surface area contributed by atoms with Gasteiger partial charge < -0.3 is 22.0 Å². The summed E-state index contributed by atoms with van der Waals surface area (Å²) in [5.41, 5.74) is 4.09. The molecule has 1 fully saturated rings. The van der Waals surface area contributed by atoms with Crippen LogP contribution in [0.3, 0.4) is 0 Å². The molecule has 0 bridgehead atoms. The van der Waals surface area contributed by atoms with Gasteiger partial charge in [-0.2, -0.15) is 4.90 Å². The number of hydrogen-bond donors (Lipinski definition) is 0. The molecule has 0 aliphatic carbocycles. The maximum absolute atomic E-state index is 5.59. The van der Waals surface area contributed by atoms with E-state index in [4.69, 9.17) is 22.0 Å². The van der Waals surface area contributed by atoms with Gasteiger partial charge in [-0.25, -0.2) is 0 Å². The average molecular weight is 492 g/mol. The first-order chi connectivity index (χ1) is 13.5. The smallest absolute Gasteiger partial charge is 0.779 e. The summed E-state index contributed by atoms with van der Waals surface area (Å²) in [5, 5.41) is 0. The van der Waals surface area contributed by atoms with Crippen LogP contribution < -0.4 is 0 Å². The molecule has 0 saturated carbocycles. The van der Waals surface area contributed by atoms with Crippen LogP contribution in [-0.2, 0) is 17.4 Å². The van der Waals surface area contributed by atoms with E-state index in [0.717, 1.165) is 18.1 Å². The first-order valence-electron chi connectivity index (χ1n) is 11.7. The van der Waals surface area contributed by atoms with Gasteiger partial charge in [0.05, 0.1) is 0 Å². The largest absolute Gasteiger partial charge is 2.00 e. The molecule has 1 aromatic carbocycles. The molecule has 1 heterocycles. The molecule has 2 rings (SSSR count). The first kappa shape index (κ1) is 33.7. The van der Waals surface area contributed by atoms with Crippen molar-refractivity contribution in [2.75, 3.05) is 13.2 Å². The maximum atomic E-state index is 5.59.